The van der Waals surface area contributed by atoms with Crippen LogP contribution in [-0.4, -0.2) is 30.3 Å². The predicted molar refractivity (Wildman–Crippen MR) is 104 cm³/mol. The molecule has 0 fully saturated rings. The third-order valence-electron chi connectivity index (χ3n) is 4.58. The van der Waals surface area contributed by atoms with Crippen molar-refractivity contribution in [1.29, 1.82) is 0 Å². The van der Waals surface area contributed by atoms with E-state index >= 15 is 0 Å². The lowest BCUT2D eigenvalue weighted by molar-refractivity contribution is -0.124. The molecule has 1 atom stereocenters. The fourth-order valence-corrected chi connectivity index (χ4v) is 3.13. The smallest absolute Gasteiger partial charge is 0.339 e. The van der Waals surface area contributed by atoms with Crippen molar-refractivity contribution in [2.24, 2.45) is 0 Å². The number of aromatic nitrogens is 1. The van der Waals surface area contributed by atoms with Gasteiger partial charge in [-0.1, -0.05) is 24.3 Å². The number of aromatic amines is 1. The highest BCUT2D eigenvalue weighted by Crippen LogP contribution is 2.34. The van der Waals surface area contributed by atoms with Gasteiger partial charge in [0.15, 0.2) is 18.1 Å². The molecule has 1 amide bonds. The Morgan fingerprint density at radius 1 is 1.14 bits per heavy atom. The van der Waals surface area contributed by atoms with Crippen LogP contribution in [-0.2, 0) is 9.53 Å². The minimum Gasteiger partial charge on any atom is -0.454 e. The molecular formula is C21H18N2O6. The minimum absolute atomic E-state index is 0.112. The molecule has 0 saturated heterocycles. The van der Waals surface area contributed by atoms with Gasteiger partial charge in [-0.3, -0.25) is 9.59 Å². The number of rotatable bonds is 5. The fourth-order valence-electron chi connectivity index (χ4n) is 3.13. The van der Waals surface area contributed by atoms with Gasteiger partial charge in [0.25, 0.3) is 5.91 Å². The summed E-state index contributed by atoms with van der Waals surface area (Å²) in [6.45, 7) is 1.52. The van der Waals surface area contributed by atoms with Gasteiger partial charge in [0.05, 0.1) is 11.6 Å². The Morgan fingerprint density at radius 3 is 2.79 bits per heavy atom. The number of benzene rings is 2. The van der Waals surface area contributed by atoms with Gasteiger partial charge in [0, 0.05) is 17.0 Å². The first-order valence-corrected chi connectivity index (χ1v) is 8.99. The zero-order chi connectivity index (χ0) is 20.4. The van der Waals surface area contributed by atoms with Crippen molar-refractivity contribution in [3.8, 4) is 11.5 Å². The van der Waals surface area contributed by atoms with Gasteiger partial charge in [-0.05, 0) is 30.7 Å². The van der Waals surface area contributed by atoms with Gasteiger partial charge >= 0.3 is 5.97 Å². The maximum atomic E-state index is 12.4. The van der Waals surface area contributed by atoms with E-state index in [1.54, 1.807) is 36.4 Å². The Bertz CT molecular complexity index is 1150. The van der Waals surface area contributed by atoms with Crippen LogP contribution in [0.2, 0.25) is 0 Å². The lowest BCUT2D eigenvalue weighted by Gasteiger charge is -2.15. The van der Waals surface area contributed by atoms with Crippen molar-refractivity contribution < 1.29 is 23.8 Å². The Morgan fingerprint density at radius 2 is 1.93 bits per heavy atom. The number of H-pyrrole nitrogens is 1. The van der Waals surface area contributed by atoms with E-state index in [0.29, 0.717) is 22.4 Å². The van der Waals surface area contributed by atoms with E-state index in [1.807, 2.05) is 13.0 Å². The Kier molecular flexibility index (Phi) is 4.90. The SMILES string of the molecule is C[C@@H](NC(=O)COC(=O)c1cc(=O)[nH]c2ccccc12)c1ccc2c(c1)OCO2. The number of hydrogen-bond acceptors (Lipinski definition) is 6. The molecule has 2 N–H and O–H groups in total. The maximum Gasteiger partial charge on any atom is 0.339 e. The molecule has 8 heteroatoms. The summed E-state index contributed by atoms with van der Waals surface area (Å²) in [5, 5.41) is 3.31. The summed E-state index contributed by atoms with van der Waals surface area (Å²) < 4.78 is 15.7. The first-order valence-electron chi connectivity index (χ1n) is 8.99. The first kappa shape index (κ1) is 18.5. The summed E-state index contributed by atoms with van der Waals surface area (Å²) >= 11 is 0. The van der Waals surface area contributed by atoms with Gasteiger partial charge in [-0.25, -0.2) is 4.79 Å². The molecule has 1 aliphatic rings. The lowest BCUT2D eigenvalue weighted by atomic mass is 10.1. The molecule has 29 heavy (non-hydrogen) atoms. The molecule has 0 radical (unpaired) electrons. The average Bonchev–Trinajstić information content (AvgIpc) is 3.19. The molecule has 0 bridgehead atoms. The van der Waals surface area contributed by atoms with Crippen molar-refractivity contribution in [1.82, 2.24) is 10.3 Å². The second kappa shape index (κ2) is 7.67. The van der Waals surface area contributed by atoms with Crippen LogP contribution >= 0.6 is 0 Å². The van der Waals surface area contributed by atoms with Crippen LogP contribution < -0.4 is 20.3 Å². The summed E-state index contributed by atoms with van der Waals surface area (Å²) in [6, 6.07) is 13.1. The number of ether oxygens (including phenoxy) is 3. The standard InChI is InChI=1S/C21H18N2O6/c1-12(13-6-7-17-18(8-13)29-11-28-17)22-20(25)10-27-21(26)15-9-19(24)23-16-5-3-2-4-14(15)16/h2-9,12H,10-11H2,1H3,(H,22,25)(H,23,24)/t12-/m1/s1. The summed E-state index contributed by atoms with van der Waals surface area (Å²) in [6.07, 6.45) is 0. The molecular weight excluding hydrogens is 376 g/mol. The number of carbonyl (C=O) groups excluding carboxylic acids is 2. The van der Waals surface area contributed by atoms with Crippen molar-refractivity contribution >= 4 is 22.8 Å². The molecule has 3 aromatic rings. The van der Waals surface area contributed by atoms with E-state index < -0.39 is 24.0 Å². The van der Waals surface area contributed by atoms with Gasteiger partial charge in [0.2, 0.25) is 12.4 Å². The van der Waals surface area contributed by atoms with Crippen molar-refractivity contribution in [2.45, 2.75) is 13.0 Å². The zero-order valence-electron chi connectivity index (χ0n) is 15.6. The van der Waals surface area contributed by atoms with Gasteiger partial charge in [0.1, 0.15) is 0 Å². The predicted octanol–water partition coefficient (Wildman–Crippen LogP) is 2.29. The second-order valence-corrected chi connectivity index (χ2v) is 6.57. The summed E-state index contributed by atoms with van der Waals surface area (Å²) in [5.74, 6) is 0.0818. The third kappa shape index (κ3) is 3.91. The first-order chi connectivity index (χ1) is 14.0. The summed E-state index contributed by atoms with van der Waals surface area (Å²) in [4.78, 5) is 39.0. The largest absolute Gasteiger partial charge is 0.454 e. The van der Waals surface area contributed by atoms with Crippen molar-refractivity contribution in [2.75, 3.05) is 13.4 Å². The second-order valence-electron chi connectivity index (χ2n) is 6.57. The van der Waals surface area contributed by atoms with Crippen molar-refractivity contribution in [3.63, 3.8) is 0 Å². The number of para-hydroxylation sites is 1. The highest BCUT2D eigenvalue weighted by atomic mass is 16.7. The molecule has 148 valence electrons. The topological polar surface area (TPSA) is 107 Å². The number of amides is 1. The summed E-state index contributed by atoms with van der Waals surface area (Å²) in [7, 11) is 0. The molecule has 2 aromatic carbocycles. The number of hydrogen-bond donors (Lipinski definition) is 2. The molecule has 0 aliphatic carbocycles. The average molecular weight is 394 g/mol. The van der Waals surface area contributed by atoms with E-state index in [2.05, 4.69) is 10.3 Å². The normalized spacial score (nSPS) is 13.1. The number of esters is 1. The minimum atomic E-state index is -0.738. The van der Waals surface area contributed by atoms with Crippen LogP contribution in [0.15, 0.2) is 53.3 Å². The highest BCUT2D eigenvalue weighted by molar-refractivity contribution is 6.03. The van der Waals surface area contributed by atoms with Gasteiger partial charge in [-0.15, -0.1) is 0 Å². The Labute approximate surface area is 165 Å². The fraction of sp³-hybridized carbons (Fsp3) is 0.190. The molecule has 1 aliphatic heterocycles. The number of pyridine rings is 1. The van der Waals surface area contributed by atoms with Crippen LogP contribution in [0.3, 0.4) is 0 Å². The van der Waals surface area contributed by atoms with E-state index in [0.717, 1.165) is 11.6 Å². The Hall–Kier alpha value is -3.81. The van der Waals surface area contributed by atoms with E-state index in [4.69, 9.17) is 14.2 Å². The lowest BCUT2D eigenvalue weighted by Crippen LogP contribution is -2.31. The van der Waals surface area contributed by atoms with Crippen molar-refractivity contribution in [3.05, 3.63) is 70.0 Å². The van der Waals surface area contributed by atoms with E-state index in [1.165, 1.54) is 0 Å². The van der Waals surface area contributed by atoms with Crippen LogP contribution in [0.4, 0.5) is 0 Å². The van der Waals surface area contributed by atoms with Crippen LogP contribution in [0.1, 0.15) is 28.9 Å². The molecule has 2 heterocycles. The molecule has 8 nitrogen and oxygen atoms in total. The van der Waals surface area contributed by atoms with Gasteiger partial charge in [-0.2, -0.15) is 0 Å². The number of carbonyl (C=O) groups is 2. The van der Waals surface area contributed by atoms with Crippen LogP contribution in [0.5, 0.6) is 11.5 Å². The van der Waals surface area contributed by atoms with Gasteiger partial charge < -0.3 is 24.5 Å². The highest BCUT2D eigenvalue weighted by Gasteiger charge is 2.18. The van der Waals surface area contributed by atoms with E-state index in [9.17, 15) is 14.4 Å². The molecule has 1 aromatic heterocycles. The molecule has 0 spiro atoms. The maximum absolute atomic E-state index is 12.4. The quantitative estimate of drug-likeness (QED) is 0.643. The van der Waals surface area contributed by atoms with E-state index in [-0.39, 0.29) is 18.4 Å². The number of nitrogens with one attached hydrogen (secondary N) is 2. The number of fused-ring (bicyclic) bond motifs is 2. The monoisotopic (exact) mass is 394 g/mol. The zero-order valence-corrected chi connectivity index (χ0v) is 15.6. The van der Waals surface area contributed by atoms with Crippen LogP contribution in [0, 0.1) is 0 Å². The third-order valence-corrected chi connectivity index (χ3v) is 4.58. The molecule has 4 rings (SSSR count). The summed E-state index contributed by atoms with van der Waals surface area (Å²) in [5.41, 5.74) is 1.04. The molecule has 0 unspecified atom stereocenters. The van der Waals surface area contributed by atoms with Crippen LogP contribution in [0.25, 0.3) is 10.9 Å². The Balaban J connectivity index is 1.40. The molecule has 0 saturated carbocycles.